The number of aromatic amines is 1. The summed E-state index contributed by atoms with van der Waals surface area (Å²) in [4.78, 5) is 7.55. The first-order valence-corrected chi connectivity index (χ1v) is 5.83. The summed E-state index contributed by atoms with van der Waals surface area (Å²) in [7, 11) is 0. The molecule has 3 aromatic rings. The Hall–Kier alpha value is -1.87. The zero-order chi connectivity index (χ0) is 11.7. The van der Waals surface area contributed by atoms with Crippen molar-refractivity contribution in [2.24, 2.45) is 0 Å². The quantitative estimate of drug-likeness (QED) is 0.721. The number of rotatable bonds is 3. The molecule has 0 aliphatic rings. The molecule has 0 atom stereocenters. The second-order valence-corrected chi connectivity index (χ2v) is 4.25. The van der Waals surface area contributed by atoms with Crippen molar-refractivity contribution in [3.05, 3.63) is 42.2 Å². The maximum atomic E-state index is 8.84. The Labute approximate surface area is 99.1 Å². The molecule has 3 rings (SSSR count). The van der Waals surface area contributed by atoms with E-state index in [2.05, 4.69) is 28.2 Å². The molecule has 2 heterocycles. The first-order chi connectivity index (χ1) is 8.38. The van der Waals surface area contributed by atoms with Gasteiger partial charge in [-0.1, -0.05) is 12.1 Å². The highest BCUT2D eigenvalue weighted by Crippen LogP contribution is 2.25. The molecule has 0 radical (unpaired) electrons. The minimum Gasteiger partial charge on any atom is -0.396 e. The zero-order valence-electron chi connectivity index (χ0n) is 9.48. The van der Waals surface area contributed by atoms with Crippen LogP contribution < -0.4 is 0 Å². The molecule has 0 bridgehead atoms. The van der Waals surface area contributed by atoms with Gasteiger partial charge in [-0.3, -0.25) is 4.98 Å². The summed E-state index contributed by atoms with van der Waals surface area (Å²) in [6.45, 7) is 0.245. The number of pyridine rings is 1. The third kappa shape index (κ3) is 1.78. The van der Waals surface area contributed by atoms with E-state index in [-0.39, 0.29) is 6.61 Å². The fourth-order valence-electron chi connectivity index (χ4n) is 2.23. The van der Waals surface area contributed by atoms with Crippen molar-refractivity contribution < 1.29 is 5.11 Å². The molecule has 0 amide bonds. The van der Waals surface area contributed by atoms with Gasteiger partial charge in [0.2, 0.25) is 0 Å². The summed E-state index contributed by atoms with van der Waals surface area (Å²) in [5.41, 5.74) is 3.52. The number of aliphatic hydroxyl groups is 1. The molecule has 0 aliphatic carbocycles. The zero-order valence-corrected chi connectivity index (χ0v) is 9.48. The number of aryl methyl sites for hydroxylation is 1. The molecule has 3 heteroatoms. The molecule has 0 unspecified atom stereocenters. The van der Waals surface area contributed by atoms with E-state index in [0.717, 1.165) is 29.3 Å². The van der Waals surface area contributed by atoms with Crippen LogP contribution in [0.2, 0.25) is 0 Å². The van der Waals surface area contributed by atoms with E-state index in [9.17, 15) is 0 Å². The second-order valence-electron chi connectivity index (χ2n) is 4.25. The van der Waals surface area contributed by atoms with Crippen LogP contribution in [0, 0.1) is 0 Å². The van der Waals surface area contributed by atoms with Gasteiger partial charge < -0.3 is 10.1 Å². The van der Waals surface area contributed by atoms with Crippen molar-refractivity contribution in [1.29, 1.82) is 0 Å². The maximum absolute atomic E-state index is 8.84. The van der Waals surface area contributed by atoms with Crippen molar-refractivity contribution in [2.75, 3.05) is 6.61 Å². The summed E-state index contributed by atoms with van der Waals surface area (Å²) in [6.07, 6.45) is 5.42. The normalized spacial score (nSPS) is 11.4. The van der Waals surface area contributed by atoms with E-state index in [4.69, 9.17) is 5.11 Å². The Kier molecular flexibility index (Phi) is 2.53. The standard InChI is InChI=1S/C14H14N2O/c17-7-1-2-10-3-4-11-12-9-15-6-5-13(12)16-14(11)8-10/h3-6,8-9,16-17H,1-2,7H2. The lowest BCUT2D eigenvalue weighted by atomic mass is 10.1. The molecule has 1 aromatic carbocycles. The van der Waals surface area contributed by atoms with Crippen LogP contribution in [0.3, 0.4) is 0 Å². The van der Waals surface area contributed by atoms with Crippen molar-refractivity contribution >= 4 is 21.8 Å². The van der Waals surface area contributed by atoms with E-state index < -0.39 is 0 Å². The summed E-state index contributed by atoms with van der Waals surface area (Å²) in [5.74, 6) is 0. The van der Waals surface area contributed by atoms with Gasteiger partial charge in [0.15, 0.2) is 0 Å². The Morgan fingerprint density at radius 2 is 2.06 bits per heavy atom. The largest absolute Gasteiger partial charge is 0.396 e. The monoisotopic (exact) mass is 226 g/mol. The van der Waals surface area contributed by atoms with Gasteiger partial charge in [0.1, 0.15) is 0 Å². The summed E-state index contributed by atoms with van der Waals surface area (Å²) < 4.78 is 0. The molecule has 0 saturated heterocycles. The number of benzene rings is 1. The van der Waals surface area contributed by atoms with Crippen LogP contribution in [0.15, 0.2) is 36.7 Å². The number of nitrogens with zero attached hydrogens (tertiary/aromatic N) is 1. The summed E-state index contributed by atoms with van der Waals surface area (Å²) in [5, 5.41) is 11.2. The van der Waals surface area contributed by atoms with Gasteiger partial charge >= 0.3 is 0 Å². The highest BCUT2D eigenvalue weighted by Gasteiger charge is 2.04. The topological polar surface area (TPSA) is 48.9 Å². The predicted octanol–water partition coefficient (Wildman–Crippen LogP) is 2.64. The first kappa shape index (κ1) is 10.3. The second kappa shape index (κ2) is 4.18. The summed E-state index contributed by atoms with van der Waals surface area (Å²) >= 11 is 0. The SMILES string of the molecule is OCCCc1ccc2c(c1)[nH]c1ccncc12. The lowest BCUT2D eigenvalue weighted by molar-refractivity contribution is 0.288. The predicted molar refractivity (Wildman–Crippen MR) is 69.0 cm³/mol. The lowest BCUT2D eigenvalue weighted by Crippen LogP contribution is -1.88. The molecule has 0 spiro atoms. The van der Waals surface area contributed by atoms with E-state index in [1.165, 1.54) is 10.9 Å². The Morgan fingerprint density at radius 1 is 1.12 bits per heavy atom. The van der Waals surface area contributed by atoms with Crippen molar-refractivity contribution in [1.82, 2.24) is 9.97 Å². The molecule has 2 N–H and O–H groups in total. The van der Waals surface area contributed by atoms with Crippen LogP contribution in [0.5, 0.6) is 0 Å². The fraction of sp³-hybridized carbons (Fsp3) is 0.214. The number of fused-ring (bicyclic) bond motifs is 3. The highest BCUT2D eigenvalue weighted by atomic mass is 16.2. The maximum Gasteiger partial charge on any atom is 0.0495 e. The number of aromatic nitrogens is 2. The smallest absolute Gasteiger partial charge is 0.0495 e. The van der Waals surface area contributed by atoms with Crippen LogP contribution in [0.25, 0.3) is 21.8 Å². The van der Waals surface area contributed by atoms with Crippen LogP contribution in [0.1, 0.15) is 12.0 Å². The van der Waals surface area contributed by atoms with Gasteiger partial charge in [0.05, 0.1) is 0 Å². The number of hydrogen-bond donors (Lipinski definition) is 2. The minimum absolute atomic E-state index is 0.245. The molecule has 0 saturated carbocycles. The molecule has 0 aliphatic heterocycles. The molecular weight excluding hydrogens is 212 g/mol. The Balaban J connectivity index is 2.13. The highest BCUT2D eigenvalue weighted by molar-refractivity contribution is 6.06. The molecule has 2 aromatic heterocycles. The van der Waals surface area contributed by atoms with Crippen LogP contribution in [-0.4, -0.2) is 21.7 Å². The van der Waals surface area contributed by atoms with Gasteiger partial charge in [0, 0.05) is 40.8 Å². The molecule has 17 heavy (non-hydrogen) atoms. The van der Waals surface area contributed by atoms with E-state index in [0.29, 0.717) is 0 Å². The molecular formula is C14H14N2O. The van der Waals surface area contributed by atoms with Gasteiger partial charge in [0.25, 0.3) is 0 Å². The van der Waals surface area contributed by atoms with E-state index in [1.807, 2.05) is 12.3 Å². The Morgan fingerprint density at radius 3 is 2.94 bits per heavy atom. The average Bonchev–Trinajstić information content (AvgIpc) is 2.74. The average molecular weight is 226 g/mol. The van der Waals surface area contributed by atoms with Gasteiger partial charge in [-0.05, 0) is 30.5 Å². The molecule has 0 fully saturated rings. The third-order valence-corrected chi connectivity index (χ3v) is 3.09. The first-order valence-electron chi connectivity index (χ1n) is 5.83. The van der Waals surface area contributed by atoms with E-state index >= 15 is 0 Å². The molecule has 86 valence electrons. The number of hydrogen-bond acceptors (Lipinski definition) is 2. The van der Waals surface area contributed by atoms with E-state index in [1.54, 1.807) is 6.20 Å². The third-order valence-electron chi connectivity index (χ3n) is 3.09. The van der Waals surface area contributed by atoms with Gasteiger partial charge in [-0.25, -0.2) is 0 Å². The number of nitrogens with one attached hydrogen (secondary N) is 1. The summed E-state index contributed by atoms with van der Waals surface area (Å²) in [6, 6.07) is 8.40. The van der Waals surface area contributed by atoms with Crippen molar-refractivity contribution in [3.63, 3.8) is 0 Å². The van der Waals surface area contributed by atoms with Gasteiger partial charge in [-0.15, -0.1) is 0 Å². The van der Waals surface area contributed by atoms with Gasteiger partial charge in [-0.2, -0.15) is 0 Å². The van der Waals surface area contributed by atoms with Crippen LogP contribution in [0.4, 0.5) is 0 Å². The van der Waals surface area contributed by atoms with Crippen molar-refractivity contribution in [2.45, 2.75) is 12.8 Å². The van der Waals surface area contributed by atoms with Crippen LogP contribution in [-0.2, 0) is 6.42 Å². The molecule has 3 nitrogen and oxygen atoms in total. The van der Waals surface area contributed by atoms with Crippen LogP contribution >= 0.6 is 0 Å². The lowest BCUT2D eigenvalue weighted by Gasteiger charge is -1.99. The fourth-order valence-corrected chi connectivity index (χ4v) is 2.23. The Bertz CT molecular complexity index is 657. The van der Waals surface area contributed by atoms with Crippen molar-refractivity contribution in [3.8, 4) is 0 Å². The minimum atomic E-state index is 0.245. The number of aliphatic hydroxyl groups excluding tert-OH is 1. The number of H-pyrrole nitrogens is 1.